The van der Waals surface area contributed by atoms with Gasteiger partial charge in [0.25, 0.3) is 0 Å². The lowest BCUT2D eigenvalue weighted by molar-refractivity contribution is 0.409. The highest BCUT2D eigenvalue weighted by Gasteiger charge is 2.22. The van der Waals surface area contributed by atoms with Gasteiger partial charge in [0.2, 0.25) is 16.4 Å². The lowest BCUT2D eigenvalue weighted by atomic mass is 10.2. The molecule has 0 atom stereocenters. The van der Waals surface area contributed by atoms with Gasteiger partial charge in [-0.3, -0.25) is 0 Å². The Morgan fingerprint density at radius 2 is 2.25 bits per heavy atom. The first-order valence-electron chi connectivity index (χ1n) is 5.25. The van der Waals surface area contributed by atoms with E-state index in [0.717, 1.165) is 12.5 Å². The SMILES string of the molecule is NC(=S)c1c(F)cccc1S(=O)(=O)NCc1ncon1. The predicted molar refractivity (Wildman–Crippen MR) is 70.6 cm³/mol. The minimum atomic E-state index is -4.01. The summed E-state index contributed by atoms with van der Waals surface area (Å²) in [6.07, 6.45) is 1.06. The van der Waals surface area contributed by atoms with Gasteiger partial charge in [0.15, 0.2) is 5.82 Å². The first kappa shape index (κ1) is 14.5. The molecule has 0 radical (unpaired) electrons. The van der Waals surface area contributed by atoms with E-state index in [9.17, 15) is 12.8 Å². The lowest BCUT2D eigenvalue weighted by Gasteiger charge is -2.10. The van der Waals surface area contributed by atoms with Crippen LogP contribution in [0.25, 0.3) is 0 Å². The molecule has 20 heavy (non-hydrogen) atoms. The highest BCUT2D eigenvalue weighted by molar-refractivity contribution is 7.89. The topological polar surface area (TPSA) is 111 Å². The molecule has 2 aromatic rings. The van der Waals surface area contributed by atoms with Crippen LogP contribution in [0.5, 0.6) is 0 Å². The minimum absolute atomic E-state index is 0.141. The summed E-state index contributed by atoms with van der Waals surface area (Å²) in [6.45, 7) is -0.202. The van der Waals surface area contributed by atoms with Gasteiger partial charge in [0.1, 0.15) is 10.8 Å². The van der Waals surface area contributed by atoms with E-state index in [0.29, 0.717) is 0 Å². The standard InChI is InChI=1S/C10H9FN4O3S2/c11-6-2-1-3-7(9(6)10(12)19)20(16,17)14-4-8-13-5-18-15-8/h1-3,5,14H,4H2,(H2,12,19). The van der Waals surface area contributed by atoms with Gasteiger partial charge in [-0.05, 0) is 12.1 Å². The Kier molecular flexibility index (Phi) is 4.06. The van der Waals surface area contributed by atoms with E-state index in [1.165, 1.54) is 12.1 Å². The van der Waals surface area contributed by atoms with Crippen LogP contribution in [0.2, 0.25) is 0 Å². The summed E-state index contributed by atoms with van der Waals surface area (Å²) < 4.78 is 44.6. The molecule has 0 aliphatic rings. The van der Waals surface area contributed by atoms with Gasteiger partial charge in [-0.2, -0.15) is 4.98 Å². The molecule has 0 saturated carbocycles. The van der Waals surface area contributed by atoms with Crippen LogP contribution in [0.4, 0.5) is 4.39 Å². The Bertz CT molecular complexity index is 731. The number of nitrogens with zero attached hydrogens (tertiary/aromatic N) is 2. The fourth-order valence-electron chi connectivity index (χ4n) is 1.48. The van der Waals surface area contributed by atoms with E-state index in [-0.39, 0.29) is 27.8 Å². The van der Waals surface area contributed by atoms with Crippen molar-refractivity contribution < 1.29 is 17.3 Å². The maximum absolute atomic E-state index is 13.6. The number of rotatable bonds is 5. The van der Waals surface area contributed by atoms with Crippen molar-refractivity contribution in [1.82, 2.24) is 14.9 Å². The zero-order valence-corrected chi connectivity index (χ0v) is 11.5. The second kappa shape index (κ2) is 5.61. The molecule has 0 spiro atoms. The summed E-state index contributed by atoms with van der Waals surface area (Å²) in [6, 6.07) is 3.53. The van der Waals surface area contributed by atoms with Gasteiger partial charge in [0, 0.05) is 0 Å². The molecule has 2 rings (SSSR count). The lowest BCUT2D eigenvalue weighted by Crippen LogP contribution is -2.27. The second-order valence-electron chi connectivity index (χ2n) is 3.65. The van der Waals surface area contributed by atoms with Crippen molar-refractivity contribution in [3.05, 3.63) is 41.8 Å². The van der Waals surface area contributed by atoms with Crippen LogP contribution < -0.4 is 10.5 Å². The average Bonchev–Trinajstić information content (AvgIpc) is 2.89. The van der Waals surface area contributed by atoms with E-state index in [2.05, 4.69) is 31.6 Å². The monoisotopic (exact) mass is 316 g/mol. The molecule has 3 N–H and O–H groups in total. The fourth-order valence-corrected chi connectivity index (χ4v) is 2.96. The van der Waals surface area contributed by atoms with E-state index in [1.54, 1.807) is 0 Å². The number of nitrogens with one attached hydrogen (secondary N) is 1. The molecule has 0 bridgehead atoms. The van der Waals surface area contributed by atoms with Gasteiger partial charge >= 0.3 is 0 Å². The number of benzene rings is 1. The van der Waals surface area contributed by atoms with Gasteiger partial charge in [-0.15, -0.1) is 0 Å². The number of nitrogens with two attached hydrogens (primary N) is 1. The molecule has 1 aromatic carbocycles. The van der Waals surface area contributed by atoms with Crippen LogP contribution in [0.1, 0.15) is 11.4 Å². The van der Waals surface area contributed by atoms with E-state index < -0.39 is 15.8 Å². The Morgan fingerprint density at radius 3 is 2.85 bits per heavy atom. The van der Waals surface area contributed by atoms with Gasteiger partial charge < -0.3 is 10.3 Å². The summed E-state index contributed by atoms with van der Waals surface area (Å²) in [5.74, 6) is -0.665. The fraction of sp³-hybridized carbons (Fsp3) is 0.100. The maximum Gasteiger partial charge on any atom is 0.241 e. The summed E-state index contributed by atoms with van der Waals surface area (Å²) in [5.41, 5.74) is 5.03. The molecule has 1 heterocycles. The quantitative estimate of drug-likeness (QED) is 0.764. The van der Waals surface area contributed by atoms with Crippen molar-refractivity contribution in [2.24, 2.45) is 5.73 Å². The summed E-state index contributed by atoms with van der Waals surface area (Å²) >= 11 is 4.68. The van der Waals surface area contributed by atoms with Crippen LogP contribution in [0, 0.1) is 5.82 Å². The molecule has 0 fully saturated rings. The number of hydrogen-bond donors (Lipinski definition) is 2. The maximum atomic E-state index is 13.6. The third-order valence-electron chi connectivity index (χ3n) is 2.34. The molecule has 7 nitrogen and oxygen atoms in total. The smallest absolute Gasteiger partial charge is 0.241 e. The molecular formula is C10H9FN4O3S2. The summed E-state index contributed by atoms with van der Waals surface area (Å²) in [7, 11) is -4.01. The Balaban J connectivity index is 2.34. The number of thiocarbonyl (C=S) groups is 1. The molecule has 10 heteroatoms. The predicted octanol–water partition coefficient (Wildman–Crippen LogP) is 0.321. The number of halogens is 1. The van der Waals surface area contributed by atoms with E-state index in [1.807, 2.05) is 0 Å². The van der Waals surface area contributed by atoms with E-state index in [4.69, 9.17) is 5.73 Å². The van der Waals surface area contributed by atoms with Crippen LogP contribution in [-0.4, -0.2) is 23.5 Å². The first-order valence-corrected chi connectivity index (χ1v) is 7.14. The zero-order valence-electron chi connectivity index (χ0n) is 9.91. The Labute approximate surface area is 119 Å². The van der Waals surface area contributed by atoms with Crippen LogP contribution in [0.3, 0.4) is 0 Å². The van der Waals surface area contributed by atoms with Crippen molar-refractivity contribution >= 4 is 27.2 Å². The number of sulfonamides is 1. The van der Waals surface area contributed by atoms with Crippen molar-refractivity contribution in [3.63, 3.8) is 0 Å². The molecule has 0 amide bonds. The third-order valence-corrected chi connectivity index (χ3v) is 3.99. The Hall–Kier alpha value is -1.91. The largest absolute Gasteiger partial charge is 0.389 e. The first-order chi connectivity index (χ1) is 9.42. The van der Waals surface area contributed by atoms with Gasteiger partial charge in [-0.1, -0.05) is 23.4 Å². The highest BCUT2D eigenvalue weighted by atomic mass is 32.2. The molecule has 0 aliphatic heterocycles. The van der Waals surface area contributed by atoms with Crippen LogP contribution >= 0.6 is 12.2 Å². The molecule has 0 unspecified atom stereocenters. The zero-order chi connectivity index (χ0) is 14.8. The molecule has 0 saturated heterocycles. The van der Waals surface area contributed by atoms with Crippen molar-refractivity contribution in [2.75, 3.05) is 0 Å². The highest BCUT2D eigenvalue weighted by Crippen LogP contribution is 2.19. The normalized spacial score (nSPS) is 11.4. The third kappa shape index (κ3) is 2.98. The van der Waals surface area contributed by atoms with Crippen molar-refractivity contribution in [2.45, 2.75) is 11.4 Å². The van der Waals surface area contributed by atoms with E-state index >= 15 is 0 Å². The average molecular weight is 316 g/mol. The minimum Gasteiger partial charge on any atom is -0.389 e. The van der Waals surface area contributed by atoms with Crippen LogP contribution in [-0.2, 0) is 16.6 Å². The molecular weight excluding hydrogens is 307 g/mol. The number of aromatic nitrogens is 2. The van der Waals surface area contributed by atoms with Gasteiger partial charge in [0.05, 0.1) is 17.0 Å². The molecule has 1 aromatic heterocycles. The number of hydrogen-bond acceptors (Lipinski definition) is 6. The summed E-state index contributed by atoms with van der Waals surface area (Å²) in [4.78, 5) is 2.98. The second-order valence-corrected chi connectivity index (χ2v) is 5.82. The molecule has 106 valence electrons. The van der Waals surface area contributed by atoms with Gasteiger partial charge in [-0.25, -0.2) is 17.5 Å². The van der Waals surface area contributed by atoms with Crippen LogP contribution in [0.15, 0.2) is 34.0 Å². The van der Waals surface area contributed by atoms with Crippen molar-refractivity contribution in [3.8, 4) is 0 Å². The molecule has 0 aliphatic carbocycles. The van der Waals surface area contributed by atoms with Crippen molar-refractivity contribution in [1.29, 1.82) is 0 Å². The summed E-state index contributed by atoms with van der Waals surface area (Å²) in [5, 5.41) is 3.45. The Morgan fingerprint density at radius 1 is 1.50 bits per heavy atom.